The molecule has 0 bridgehead atoms. The molecule has 0 aliphatic heterocycles. The van der Waals surface area contributed by atoms with Gasteiger partial charge in [0, 0.05) is 0 Å². The van der Waals surface area contributed by atoms with E-state index in [-0.39, 0.29) is 5.82 Å². The zero-order chi connectivity index (χ0) is 13.0. The minimum atomic E-state index is -0.336. The van der Waals surface area contributed by atoms with Crippen molar-refractivity contribution in [3.8, 4) is 11.4 Å². The second-order valence-electron chi connectivity index (χ2n) is 4.63. The van der Waals surface area contributed by atoms with E-state index in [0.29, 0.717) is 18.2 Å². The maximum Gasteiger partial charge on any atom is 0.141 e. The van der Waals surface area contributed by atoms with Gasteiger partial charge in [0.05, 0.1) is 30.3 Å². The van der Waals surface area contributed by atoms with E-state index in [2.05, 4.69) is 34.1 Å². The van der Waals surface area contributed by atoms with Gasteiger partial charge in [0.2, 0.25) is 0 Å². The lowest BCUT2D eigenvalue weighted by Crippen LogP contribution is -2.19. The van der Waals surface area contributed by atoms with Crippen LogP contribution in [0.4, 0.5) is 4.39 Å². The van der Waals surface area contributed by atoms with Crippen LogP contribution < -0.4 is 5.32 Å². The number of hydrogen-bond acceptors (Lipinski definition) is 3. The Hall–Kier alpha value is -1.75. The molecule has 0 aliphatic carbocycles. The Balaban J connectivity index is 1.99. The third kappa shape index (κ3) is 3.37. The molecule has 0 aromatic carbocycles. The lowest BCUT2D eigenvalue weighted by atomic mass is 10.2. The largest absolute Gasteiger partial charge is 0.340 e. The molecule has 0 amide bonds. The predicted octanol–water partition coefficient (Wildman–Crippen LogP) is 2.36. The third-order valence-corrected chi connectivity index (χ3v) is 2.48. The second kappa shape index (κ2) is 5.73. The summed E-state index contributed by atoms with van der Waals surface area (Å²) in [5.41, 5.74) is 1.50. The standard InChI is InChI=1S/C13H17FN4/c1-9(2)5-15-8-13-17-7-12(18-13)11-4-3-10(14)6-16-11/h3-4,6-7,9,15H,5,8H2,1-2H3,(H,17,18). The van der Waals surface area contributed by atoms with Crippen LogP contribution in [0.2, 0.25) is 0 Å². The van der Waals surface area contributed by atoms with Crippen LogP contribution in [0.15, 0.2) is 24.5 Å². The van der Waals surface area contributed by atoms with Crippen molar-refractivity contribution in [2.24, 2.45) is 5.92 Å². The minimum absolute atomic E-state index is 0.336. The summed E-state index contributed by atoms with van der Waals surface area (Å²) in [4.78, 5) is 11.4. The van der Waals surface area contributed by atoms with Gasteiger partial charge in [0.15, 0.2) is 0 Å². The van der Waals surface area contributed by atoms with Crippen molar-refractivity contribution in [3.63, 3.8) is 0 Å². The summed E-state index contributed by atoms with van der Waals surface area (Å²) >= 11 is 0. The van der Waals surface area contributed by atoms with E-state index in [4.69, 9.17) is 0 Å². The Kier molecular flexibility index (Phi) is 4.04. The highest BCUT2D eigenvalue weighted by Crippen LogP contribution is 2.14. The van der Waals surface area contributed by atoms with E-state index in [9.17, 15) is 4.39 Å². The number of aromatic amines is 1. The van der Waals surface area contributed by atoms with E-state index in [0.717, 1.165) is 18.1 Å². The quantitative estimate of drug-likeness (QED) is 0.854. The van der Waals surface area contributed by atoms with E-state index >= 15 is 0 Å². The van der Waals surface area contributed by atoms with E-state index < -0.39 is 0 Å². The van der Waals surface area contributed by atoms with Gasteiger partial charge >= 0.3 is 0 Å². The van der Waals surface area contributed by atoms with Gasteiger partial charge < -0.3 is 10.3 Å². The second-order valence-corrected chi connectivity index (χ2v) is 4.63. The van der Waals surface area contributed by atoms with Crippen LogP contribution >= 0.6 is 0 Å². The Morgan fingerprint density at radius 3 is 2.78 bits per heavy atom. The lowest BCUT2D eigenvalue weighted by Gasteiger charge is -2.04. The summed E-state index contributed by atoms with van der Waals surface area (Å²) in [6, 6.07) is 3.02. The highest BCUT2D eigenvalue weighted by molar-refractivity contribution is 5.52. The van der Waals surface area contributed by atoms with Crippen LogP contribution in [0.5, 0.6) is 0 Å². The van der Waals surface area contributed by atoms with Crippen molar-refractivity contribution in [1.29, 1.82) is 0 Å². The number of nitrogens with zero attached hydrogens (tertiary/aromatic N) is 2. The number of aromatic nitrogens is 3. The predicted molar refractivity (Wildman–Crippen MR) is 68.3 cm³/mol. The summed E-state index contributed by atoms with van der Waals surface area (Å²) < 4.78 is 12.8. The number of imidazole rings is 1. The average Bonchev–Trinajstić information content (AvgIpc) is 2.78. The van der Waals surface area contributed by atoms with Crippen molar-refractivity contribution in [1.82, 2.24) is 20.3 Å². The Labute approximate surface area is 106 Å². The number of H-pyrrole nitrogens is 1. The van der Waals surface area contributed by atoms with E-state index in [1.165, 1.54) is 12.3 Å². The Bertz CT molecular complexity index is 490. The van der Waals surface area contributed by atoms with Crippen LogP contribution in [0, 0.1) is 11.7 Å². The SMILES string of the molecule is CC(C)CNCc1ncc(-c2ccc(F)cn2)[nH]1. The molecule has 2 aromatic rings. The number of hydrogen-bond donors (Lipinski definition) is 2. The third-order valence-electron chi connectivity index (χ3n) is 2.48. The van der Waals surface area contributed by atoms with Gasteiger partial charge in [-0.2, -0.15) is 0 Å². The average molecular weight is 248 g/mol. The molecule has 96 valence electrons. The first-order chi connectivity index (χ1) is 8.65. The van der Waals surface area contributed by atoms with Crippen LogP contribution in [-0.2, 0) is 6.54 Å². The van der Waals surface area contributed by atoms with Crippen molar-refractivity contribution in [2.75, 3.05) is 6.54 Å². The Morgan fingerprint density at radius 1 is 1.28 bits per heavy atom. The summed E-state index contributed by atoms with van der Waals surface area (Å²) in [5, 5.41) is 3.30. The molecule has 5 heteroatoms. The van der Waals surface area contributed by atoms with Crippen molar-refractivity contribution in [3.05, 3.63) is 36.2 Å². The van der Waals surface area contributed by atoms with Crippen LogP contribution in [0.3, 0.4) is 0 Å². The summed E-state index contributed by atoms with van der Waals surface area (Å²) in [5.74, 6) is 1.13. The maximum atomic E-state index is 12.8. The zero-order valence-electron chi connectivity index (χ0n) is 10.6. The van der Waals surface area contributed by atoms with Gasteiger partial charge in [0.1, 0.15) is 11.6 Å². The van der Waals surface area contributed by atoms with Crippen LogP contribution in [0.25, 0.3) is 11.4 Å². The molecule has 4 nitrogen and oxygen atoms in total. The first-order valence-corrected chi connectivity index (χ1v) is 6.01. The van der Waals surface area contributed by atoms with Gasteiger partial charge in [0.25, 0.3) is 0 Å². The number of halogens is 1. The monoisotopic (exact) mass is 248 g/mol. The summed E-state index contributed by atoms with van der Waals surface area (Å²) in [7, 11) is 0. The molecule has 0 spiro atoms. The molecular weight excluding hydrogens is 231 g/mol. The topological polar surface area (TPSA) is 53.6 Å². The summed E-state index contributed by atoms with van der Waals surface area (Å²) in [6.07, 6.45) is 2.92. The number of rotatable bonds is 5. The van der Waals surface area contributed by atoms with Gasteiger partial charge in [-0.05, 0) is 24.6 Å². The van der Waals surface area contributed by atoms with Gasteiger partial charge in [-0.25, -0.2) is 9.37 Å². The molecule has 0 fully saturated rings. The molecule has 2 N–H and O–H groups in total. The molecule has 0 atom stereocenters. The van der Waals surface area contributed by atoms with Crippen molar-refractivity contribution >= 4 is 0 Å². The minimum Gasteiger partial charge on any atom is -0.340 e. The molecule has 0 saturated heterocycles. The van der Waals surface area contributed by atoms with E-state index in [1.807, 2.05) is 0 Å². The molecule has 0 saturated carbocycles. The fourth-order valence-electron chi connectivity index (χ4n) is 1.60. The highest BCUT2D eigenvalue weighted by Gasteiger charge is 2.04. The molecule has 2 rings (SSSR count). The van der Waals surface area contributed by atoms with Crippen molar-refractivity contribution in [2.45, 2.75) is 20.4 Å². The Morgan fingerprint density at radius 2 is 2.11 bits per heavy atom. The number of nitrogens with one attached hydrogen (secondary N) is 2. The highest BCUT2D eigenvalue weighted by atomic mass is 19.1. The molecule has 0 unspecified atom stereocenters. The normalized spacial score (nSPS) is 11.1. The molecular formula is C13H17FN4. The molecule has 2 heterocycles. The fraction of sp³-hybridized carbons (Fsp3) is 0.385. The zero-order valence-corrected chi connectivity index (χ0v) is 10.6. The van der Waals surface area contributed by atoms with Crippen LogP contribution in [-0.4, -0.2) is 21.5 Å². The fourth-order valence-corrected chi connectivity index (χ4v) is 1.60. The smallest absolute Gasteiger partial charge is 0.141 e. The van der Waals surface area contributed by atoms with Gasteiger partial charge in [-0.1, -0.05) is 13.8 Å². The van der Waals surface area contributed by atoms with Gasteiger partial charge in [-0.3, -0.25) is 4.98 Å². The maximum absolute atomic E-state index is 12.8. The molecule has 2 aromatic heterocycles. The molecule has 0 aliphatic rings. The van der Waals surface area contributed by atoms with Gasteiger partial charge in [-0.15, -0.1) is 0 Å². The van der Waals surface area contributed by atoms with Crippen LogP contribution in [0.1, 0.15) is 19.7 Å². The molecule has 18 heavy (non-hydrogen) atoms. The van der Waals surface area contributed by atoms with Crippen molar-refractivity contribution < 1.29 is 4.39 Å². The number of pyridine rings is 1. The van der Waals surface area contributed by atoms with E-state index in [1.54, 1.807) is 12.3 Å². The first kappa shape index (κ1) is 12.7. The molecule has 0 radical (unpaired) electrons. The summed E-state index contributed by atoms with van der Waals surface area (Å²) in [6.45, 7) is 5.95. The first-order valence-electron chi connectivity index (χ1n) is 6.01. The lowest BCUT2D eigenvalue weighted by molar-refractivity contribution is 0.544.